The van der Waals surface area contributed by atoms with Crippen molar-refractivity contribution < 1.29 is 9.59 Å². The molecular weight excluding hydrogens is 288 g/mol. The van der Waals surface area contributed by atoms with Gasteiger partial charge in [0.05, 0.1) is 6.07 Å². The Morgan fingerprint density at radius 2 is 1.78 bits per heavy atom. The van der Waals surface area contributed by atoms with Gasteiger partial charge >= 0.3 is 0 Å². The number of hydrogen-bond acceptors (Lipinski definition) is 3. The van der Waals surface area contributed by atoms with Gasteiger partial charge in [-0.3, -0.25) is 9.59 Å². The number of nitriles is 1. The summed E-state index contributed by atoms with van der Waals surface area (Å²) < 4.78 is 0. The van der Waals surface area contributed by atoms with Gasteiger partial charge in [0, 0.05) is 18.4 Å². The number of amides is 1. The fourth-order valence-electron chi connectivity index (χ4n) is 3.05. The highest BCUT2D eigenvalue weighted by Gasteiger charge is 2.33. The molecule has 1 aromatic carbocycles. The fraction of sp³-hybridized carbons (Fsp3) is 0.526. The van der Waals surface area contributed by atoms with Gasteiger partial charge in [-0.25, -0.2) is 0 Å². The van der Waals surface area contributed by atoms with E-state index in [-0.39, 0.29) is 24.5 Å². The highest BCUT2D eigenvalue weighted by molar-refractivity contribution is 5.98. The highest BCUT2D eigenvalue weighted by Crippen LogP contribution is 2.27. The van der Waals surface area contributed by atoms with Crippen molar-refractivity contribution in [1.82, 2.24) is 5.32 Å². The SMILES string of the molecule is CCc1ccc(C(=O)CCC(=O)NC2(C#N)CCCCC2)cc1. The summed E-state index contributed by atoms with van der Waals surface area (Å²) in [6, 6.07) is 9.79. The van der Waals surface area contributed by atoms with E-state index in [0.29, 0.717) is 18.4 Å². The summed E-state index contributed by atoms with van der Waals surface area (Å²) in [5, 5.41) is 12.2. The van der Waals surface area contributed by atoms with Crippen LogP contribution in [0.1, 0.15) is 67.8 Å². The van der Waals surface area contributed by atoms with Crippen molar-refractivity contribution in [3.05, 3.63) is 35.4 Å². The summed E-state index contributed by atoms with van der Waals surface area (Å²) in [4.78, 5) is 24.2. The van der Waals surface area contributed by atoms with Crippen molar-refractivity contribution in [2.75, 3.05) is 0 Å². The number of ketones is 1. The number of rotatable bonds is 6. The molecule has 0 radical (unpaired) electrons. The predicted molar refractivity (Wildman–Crippen MR) is 89.0 cm³/mol. The Labute approximate surface area is 137 Å². The molecule has 4 nitrogen and oxygen atoms in total. The summed E-state index contributed by atoms with van der Waals surface area (Å²) >= 11 is 0. The molecule has 122 valence electrons. The van der Waals surface area contributed by atoms with Crippen molar-refractivity contribution in [2.24, 2.45) is 0 Å². The smallest absolute Gasteiger partial charge is 0.221 e. The Morgan fingerprint density at radius 3 is 2.35 bits per heavy atom. The van der Waals surface area contributed by atoms with Crippen molar-refractivity contribution >= 4 is 11.7 Å². The Kier molecular flexibility index (Phi) is 5.92. The fourth-order valence-corrected chi connectivity index (χ4v) is 3.05. The summed E-state index contributed by atoms with van der Waals surface area (Å²) in [5.41, 5.74) is 1.11. The molecule has 2 rings (SSSR count). The minimum Gasteiger partial charge on any atom is -0.338 e. The molecule has 0 heterocycles. The number of hydrogen-bond donors (Lipinski definition) is 1. The first-order valence-electron chi connectivity index (χ1n) is 8.43. The van der Waals surface area contributed by atoms with Crippen LogP contribution in [0.25, 0.3) is 0 Å². The zero-order valence-electron chi connectivity index (χ0n) is 13.7. The molecule has 1 aliphatic carbocycles. The minimum absolute atomic E-state index is 0.0301. The zero-order valence-corrected chi connectivity index (χ0v) is 13.7. The van der Waals surface area contributed by atoms with E-state index in [2.05, 4.69) is 18.3 Å². The average Bonchev–Trinajstić information content (AvgIpc) is 2.60. The van der Waals surface area contributed by atoms with E-state index in [0.717, 1.165) is 25.7 Å². The largest absolute Gasteiger partial charge is 0.338 e. The molecule has 0 aliphatic heterocycles. The van der Waals surface area contributed by atoms with Gasteiger partial charge < -0.3 is 5.32 Å². The lowest BCUT2D eigenvalue weighted by atomic mass is 9.82. The predicted octanol–water partition coefficient (Wildman–Crippen LogP) is 3.55. The van der Waals surface area contributed by atoms with Gasteiger partial charge in [0.1, 0.15) is 5.54 Å². The quantitative estimate of drug-likeness (QED) is 0.817. The van der Waals surface area contributed by atoms with Crippen LogP contribution in [-0.4, -0.2) is 17.2 Å². The average molecular weight is 312 g/mol. The van der Waals surface area contributed by atoms with Gasteiger partial charge in [0.25, 0.3) is 0 Å². The van der Waals surface area contributed by atoms with Crippen LogP contribution in [0.3, 0.4) is 0 Å². The molecule has 0 atom stereocenters. The van der Waals surface area contributed by atoms with E-state index in [1.165, 1.54) is 5.56 Å². The number of carbonyl (C=O) groups is 2. The summed E-state index contributed by atoms with van der Waals surface area (Å²) in [6.07, 6.45) is 5.73. The van der Waals surface area contributed by atoms with E-state index in [1.54, 1.807) is 0 Å². The second kappa shape index (κ2) is 7.92. The molecule has 1 fully saturated rings. The third kappa shape index (κ3) is 4.66. The zero-order chi connectivity index (χ0) is 16.7. The molecular formula is C19H24N2O2. The first-order valence-corrected chi connectivity index (χ1v) is 8.43. The molecule has 0 aromatic heterocycles. The molecule has 1 aromatic rings. The van der Waals surface area contributed by atoms with Gasteiger partial charge in [-0.1, -0.05) is 50.5 Å². The standard InChI is InChI=1S/C19H24N2O2/c1-2-15-6-8-16(9-7-15)17(22)10-11-18(23)21-19(14-20)12-4-3-5-13-19/h6-9H,2-5,10-13H2,1H3,(H,21,23). The molecule has 4 heteroatoms. The molecule has 0 unspecified atom stereocenters. The van der Waals surface area contributed by atoms with E-state index in [1.807, 2.05) is 24.3 Å². The first-order chi connectivity index (χ1) is 11.1. The van der Waals surface area contributed by atoms with Crippen LogP contribution in [0.2, 0.25) is 0 Å². The van der Waals surface area contributed by atoms with E-state index >= 15 is 0 Å². The van der Waals surface area contributed by atoms with Gasteiger partial charge in [-0.15, -0.1) is 0 Å². The summed E-state index contributed by atoms with van der Waals surface area (Å²) in [5.74, 6) is -0.232. The maximum atomic E-state index is 12.1. The Balaban J connectivity index is 1.85. The Hall–Kier alpha value is -2.15. The number of Topliss-reactive ketones (excluding diaryl/α,β-unsaturated/α-hetero) is 1. The maximum absolute atomic E-state index is 12.1. The van der Waals surface area contributed by atoms with E-state index in [9.17, 15) is 14.9 Å². The highest BCUT2D eigenvalue weighted by atomic mass is 16.2. The molecule has 1 amide bonds. The number of benzene rings is 1. The number of nitrogens with zero attached hydrogens (tertiary/aromatic N) is 1. The molecule has 1 N–H and O–H groups in total. The van der Waals surface area contributed by atoms with Crippen molar-refractivity contribution in [2.45, 2.75) is 63.8 Å². The molecule has 0 bridgehead atoms. The van der Waals surface area contributed by atoms with Crippen LogP contribution in [0, 0.1) is 11.3 Å². The van der Waals surface area contributed by atoms with Crippen LogP contribution in [0.5, 0.6) is 0 Å². The molecule has 0 spiro atoms. The van der Waals surface area contributed by atoms with Gasteiger partial charge in [0.2, 0.25) is 5.91 Å². The van der Waals surface area contributed by atoms with Crippen LogP contribution < -0.4 is 5.32 Å². The van der Waals surface area contributed by atoms with Crippen LogP contribution in [0.15, 0.2) is 24.3 Å². The third-order valence-electron chi connectivity index (χ3n) is 4.56. The van der Waals surface area contributed by atoms with Crippen LogP contribution >= 0.6 is 0 Å². The lowest BCUT2D eigenvalue weighted by molar-refractivity contribution is -0.122. The molecule has 0 saturated heterocycles. The second-order valence-electron chi connectivity index (χ2n) is 6.28. The van der Waals surface area contributed by atoms with Gasteiger partial charge in [-0.05, 0) is 24.8 Å². The topological polar surface area (TPSA) is 70.0 Å². The Morgan fingerprint density at radius 1 is 1.13 bits per heavy atom. The van der Waals surface area contributed by atoms with Gasteiger partial charge in [0.15, 0.2) is 5.78 Å². The number of carbonyl (C=O) groups excluding carboxylic acids is 2. The maximum Gasteiger partial charge on any atom is 0.221 e. The first kappa shape index (κ1) is 17.2. The number of aryl methyl sites for hydroxylation is 1. The lowest BCUT2D eigenvalue weighted by Gasteiger charge is -2.31. The van der Waals surface area contributed by atoms with E-state index < -0.39 is 5.54 Å². The van der Waals surface area contributed by atoms with Crippen molar-refractivity contribution in [3.8, 4) is 6.07 Å². The van der Waals surface area contributed by atoms with Crippen molar-refractivity contribution in [3.63, 3.8) is 0 Å². The van der Waals surface area contributed by atoms with Crippen molar-refractivity contribution in [1.29, 1.82) is 5.26 Å². The molecule has 23 heavy (non-hydrogen) atoms. The third-order valence-corrected chi connectivity index (χ3v) is 4.56. The van der Waals surface area contributed by atoms with Crippen LogP contribution in [-0.2, 0) is 11.2 Å². The normalized spacial score (nSPS) is 16.3. The summed E-state index contributed by atoms with van der Waals surface area (Å²) in [7, 11) is 0. The molecule has 1 aliphatic rings. The lowest BCUT2D eigenvalue weighted by Crippen LogP contribution is -2.48. The number of nitrogens with one attached hydrogen (secondary N) is 1. The Bertz CT molecular complexity index is 593. The van der Waals surface area contributed by atoms with E-state index in [4.69, 9.17) is 0 Å². The minimum atomic E-state index is -0.721. The summed E-state index contributed by atoms with van der Waals surface area (Å²) in [6.45, 7) is 2.07. The van der Waals surface area contributed by atoms with Gasteiger partial charge in [-0.2, -0.15) is 5.26 Å². The molecule has 1 saturated carbocycles. The monoisotopic (exact) mass is 312 g/mol. The van der Waals surface area contributed by atoms with Crippen LogP contribution in [0.4, 0.5) is 0 Å². The second-order valence-corrected chi connectivity index (χ2v) is 6.28.